The lowest BCUT2D eigenvalue weighted by molar-refractivity contribution is 0.0780. The van der Waals surface area contributed by atoms with E-state index in [2.05, 4.69) is 10.2 Å². The highest BCUT2D eigenvalue weighted by atomic mass is 32.1. The predicted molar refractivity (Wildman–Crippen MR) is 67.9 cm³/mol. The van der Waals surface area contributed by atoms with Crippen LogP contribution in [0.4, 0.5) is 5.69 Å². The largest absolute Gasteiger partial charge is 0.395 e. The Morgan fingerprint density at radius 3 is 2.94 bits per heavy atom. The third kappa shape index (κ3) is 2.31. The molecular weight excluding hydrogens is 236 g/mol. The van der Waals surface area contributed by atoms with Crippen molar-refractivity contribution in [3.8, 4) is 0 Å². The van der Waals surface area contributed by atoms with Crippen molar-refractivity contribution in [2.45, 2.75) is 13.5 Å². The highest BCUT2D eigenvalue weighted by Gasteiger charge is 2.19. The number of hydrogen-bond donors (Lipinski definition) is 2. The van der Waals surface area contributed by atoms with E-state index in [1.165, 1.54) is 0 Å². The Hall–Kier alpha value is -1.82. The van der Waals surface area contributed by atoms with Gasteiger partial charge in [-0.2, -0.15) is 16.4 Å². The molecule has 2 rings (SSSR count). The van der Waals surface area contributed by atoms with Gasteiger partial charge in [0.1, 0.15) is 0 Å². The van der Waals surface area contributed by atoms with Gasteiger partial charge in [-0.15, -0.1) is 0 Å². The molecule has 0 aromatic carbocycles. The molecule has 6 heteroatoms. The lowest BCUT2D eigenvalue weighted by Gasteiger charge is -2.15. The molecule has 0 aliphatic rings. The number of H-pyrrole nitrogens is 1. The van der Waals surface area contributed by atoms with Crippen LogP contribution in [0.15, 0.2) is 16.8 Å². The standard InChI is InChI=1S/C11H14N4OS/c1-7-9(12)10(14-13-7)11(16)15(2)5-8-3-4-17-6-8/h3-4,6H,5,12H2,1-2H3,(H,13,14). The first-order valence-corrected chi connectivity index (χ1v) is 6.11. The van der Waals surface area contributed by atoms with Gasteiger partial charge in [-0.05, 0) is 29.3 Å². The van der Waals surface area contributed by atoms with Crippen molar-refractivity contribution in [3.05, 3.63) is 33.8 Å². The number of rotatable bonds is 3. The van der Waals surface area contributed by atoms with Gasteiger partial charge in [0.05, 0.1) is 11.4 Å². The average Bonchev–Trinajstić information content (AvgIpc) is 2.90. The minimum Gasteiger partial charge on any atom is -0.395 e. The van der Waals surface area contributed by atoms with Crippen LogP contribution in [0.5, 0.6) is 0 Å². The molecule has 0 spiro atoms. The highest BCUT2D eigenvalue weighted by Crippen LogP contribution is 2.16. The van der Waals surface area contributed by atoms with Gasteiger partial charge < -0.3 is 10.6 Å². The summed E-state index contributed by atoms with van der Waals surface area (Å²) in [4.78, 5) is 13.7. The van der Waals surface area contributed by atoms with Crippen molar-refractivity contribution in [1.29, 1.82) is 0 Å². The monoisotopic (exact) mass is 250 g/mol. The van der Waals surface area contributed by atoms with Gasteiger partial charge in [-0.25, -0.2) is 0 Å². The fourth-order valence-electron chi connectivity index (χ4n) is 1.51. The quantitative estimate of drug-likeness (QED) is 0.869. The van der Waals surface area contributed by atoms with Gasteiger partial charge in [-0.1, -0.05) is 0 Å². The van der Waals surface area contributed by atoms with Crippen LogP contribution < -0.4 is 5.73 Å². The number of carbonyl (C=O) groups excluding carboxylic acids is 1. The zero-order chi connectivity index (χ0) is 12.4. The zero-order valence-electron chi connectivity index (χ0n) is 9.73. The Morgan fingerprint density at radius 1 is 1.65 bits per heavy atom. The fraction of sp³-hybridized carbons (Fsp3) is 0.273. The number of thiophene rings is 1. The van der Waals surface area contributed by atoms with E-state index in [-0.39, 0.29) is 5.91 Å². The van der Waals surface area contributed by atoms with Crippen LogP contribution in [-0.2, 0) is 6.54 Å². The van der Waals surface area contributed by atoms with Gasteiger partial charge >= 0.3 is 0 Å². The van der Waals surface area contributed by atoms with Crippen molar-refractivity contribution in [2.75, 3.05) is 12.8 Å². The summed E-state index contributed by atoms with van der Waals surface area (Å²) in [6.45, 7) is 2.35. The van der Waals surface area contributed by atoms with Crippen LogP contribution in [0.3, 0.4) is 0 Å². The molecule has 2 heterocycles. The summed E-state index contributed by atoms with van der Waals surface area (Å²) in [6, 6.07) is 1.99. The number of nitrogens with two attached hydrogens (primary N) is 1. The number of carbonyl (C=O) groups is 1. The van der Waals surface area contributed by atoms with Crippen molar-refractivity contribution in [2.24, 2.45) is 0 Å². The van der Waals surface area contributed by atoms with Gasteiger partial charge in [0.15, 0.2) is 5.69 Å². The highest BCUT2D eigenvalue weighted by molar-refractivity contribution is 7.07. The number of hydrogen-bond acceptors (Lipinski definition) is 4. The normalized spacial score (nSPS) is 10.5. The van der Waals surface area contributed by atoms with E-state index in [1.54, 1.807) is 30.2 Å². The van der Waals surface area contributed by atoms with E-state index in [0.717, 1.165) is 11.3 Å². The smallest absolute Gasteiger partial charge is 0.276 e. The number of amides is 1. The minimum absolute atomic E-state index is 0.168. The Bertz CT molecular complexity index is 518. The Balaban J connectivity index is 2.12. The topological polar surface area (TPSA) is 75.0 Å². The number of nitrogens with one attached hydrogen (secondary N) is 1. The molecule has 5 nitrogen and oxygen atoms in total. The summed E-state index contributed by atoms with van der Waals surface area (Å²) in [5.41, 5.74) is 8.32. The fourth-order valence-corrected chi connectivity index (χ4v) is 2.17. The van der Waals surface area contributed by atoms with Gasteiger partial charge in [0, 0.05) is 13.6 Å². The summed E-state index contributed by atoms with van der Waals surface area (Å²) >= 11 is 1.61. The van der Waals surface area contributed by atoms with Crippen molar-refractivity contribution in [3.63, 3.8) is 0 Å². The van der Waals surface area contributed by atoms with Crippen molar-refractivity contribution < 1.29 is 4.79 Å². The molecule has 2 aromatic heterocycles. The molecular formula is C11H14N4OS. The molecule has 3 N–H and O–H groups in total. The molecule has 0 saturated heterocycles. The summed E-state index contributed by atoms with van der Waals surface area (Å²) in [5, 5.41) is 10.6. The molecule has 90 valence electrons. The summed E-state index contributed by atoms with van der Waals surface area (Å²) in [5.74, 6) is -0.168. The van der Waals surface area contributed by atoms with Crippen LogP contribution in [-0.4, -0.2) is 28.1 Å². The molecule has 0 radical (unpaired) electrons. The third-order valence-corrected chi connectivity index (χ3v) is 3.28. The number of aromatic amines is 1. The first-order chi connectivity index (χ1) is 8.09. The lowest BCUT2D eigenvalue weighted by Crippen LogP contribution is -2.27. The minimum atomic E-state index is -0.168. The number of nitrogen functional groups attached to an aromatic ring is 1. The van der Waals surface area contributed by atoms with E-state index >= 15 is 0 Å². The number of nitrogens with zero attached hydrogens (tertiary/aromatic N) is 2. The molecule has 17 heavy (non-hydrogen) atoms. The molecule has 2 aromatic rings. The van der Waals surface area contributed by atoms with Crippen molar-refractivity contribution >= 4 is 22.9 Å². The zero-order valence-corrected chi connectivity index (χ0v) is 10.5. The molecule has 0 saturated carbocycles. The second-order valence-corrected chi connectivity index (χ2v) is 4.68. The van der Waals surface area contributed by atoms with E-state index in [1.807, 2.05) is 16.8 Å². The predicted octanol–water partition coefficient (Wildman–Crippen LogP) is 1.63. The van der Waals surface area contributed by atoms with E-state index < -0.39 is 0 Å². The van der Waals surface area contributed by atoms with Crippen LogP contribution in [0.25, 0.3) is 0 Å². The maximum absolute atomic E-state index is 12.1. The Kier molecular flexibility index (Phi) is 3.14. The van der Waals surface area contributed by atoms with Gasteiger partial charge in [0.25, 0.3) is 5.91 Å². The molecule has 0 atom stereocenters. The van der Waals surface area contributed by atoms with Crippen LogP contribution >= 0.6 is 11.3 Å². The number of aryl methyl sites for hydroxylation is 1. The number of aromatic nitrogens is 2. The third-order valence-electron chi connectivity index (χ3n) is 2.54. The number of anilines is 1. The maximum Gasteiger partial charge on any atom is 0.276 e. The summed E-state index contributed by atoms with van der Waals surface area (Å²) in [6.07, 6.45) is 0. The van der Waals surface area contributed by atoms with Crippen molar-refractivity contribution in [1.82, 2.24) is 15.1 Å². The molecule has 0 fully saturated rings. The molecule has 1 amide bonds. The van der Waals surface area contributed by atoms with Crippen LogP contribution in [0.1, 0.15) is 21.7 Å². The molecule has 0 aliphatic heterocycles. The van der Waals surface area contributed by atoms with Gasteiger partial charge in [0.2, 0.25) is 0 Å². The summed E-state index contributed by atoms with van der Waals surface area (Å²) < 4.78 is 0. The first-order valence-electron chi connectivity index (χ1n) is 5.16. The summed E-state index contributed by atoms with van der Waals surface area (Å²) in [7, 11) is 1.74. The second kappa shape index (κ2) is 4.58. The molecule has 0 aliphatic carbocycles. The lowest BCUT2D eigenvalue weighted by atomic mass is 10.2. The average molecular weight is 250 g/mol. The first kappa shape index (κ1) is 11.7. The Morgan fingerprint density at radius 2 is 2.41 bits per heavy atom. The van der Waals surface area contributed by atoms with E-state index in [9.17, 15) is 4.79 Å². The van der Waals surface area contributed by atoms with Crippen LogP contribution in [0.2, 0.25) is 0 Å². The SMILES string of the molecule is Cc1[nH]nc(C(=O)N(C)Cc2ccsc2)c1N. The van der Waals surface area contributed by atoms with Crippen LogP contribution in [0, 0.1) is 6.92 Å². The van der Waals surface area contributed by atoms with E-state index in [0.29, 0.717) is 17.9 Å². The Labute approximate surface area is 103 Å². The molecule has 0 unspecified atom stereocenters. The second-order valence-electron chi connectivity index (χ2n) is 3.90. The maximum atomic E-state index is 12.1. The van der Waals surface area contributed by atoms with E-state index in [4.69, 9.17) is 5.73 Å². The molecule has 0 bridgehead atoms. The van der Waals surface area contributed by atoms with Gasteiger partial charge in [-0.3, -0.25) is 9.89 Å².